The Morgan fingerprint density at radius 3 is 2.69 bits per heavy atom. The van der Waals surface area contributed by atoms with Crippen LogP contribution in [-0.4, -0.2) is 26.9 Å². The van der Waals surface area contributed by atoms with Crippen LogP contribution in [0.25, 0.3) is 10.6 Å². The molecule has 1 unspecified atom stereocenters. The molecule has 1 atom stereocenters. The van der Waals surface area contributed by atoms with Crippen molar-refractivity contribution >= 4 is 33.6 Å². The summed E-state index contributed by atoms with van der Waals surface area (Å²) in [6.07, 6.45) is 2.17. The molecule has 4 aromatic rings. The van der Waals surface area contributed by atoms with Gasteiger partial charge in [0.25, 0.3) is 0 Å². The number of halogens is 1. The number of nitrogens with zero attached hydrogens (tertiary/aromatic N) is 3. The van der Waals surface area contributed by atoms with E-state index in [1.54, 1.807) is 23.8 Å². The third-order valence-corrected chi connectivity index (χ3v) is 6.62. The Morgan fingerprint density at radius 2 is 1.97 bits per heavy atom. The number of nitrogens with one attached hydrogen (secondary N) is 2. The fourth-order valence-electron chi connectivity index (χ4n) is 3.18. The molecule has 3 heterocycles. The van der Waals surface area contributed by atoms with Gasteiger partial charge in [0.15, 0.2) is 0 Å². The summed E-state index contributed by atoms with van der Waals surface area (Å²) in [6.45, 7) is 4.27. The molecule has 4 rings (SSSR count). The molecule has 3 aromatic heterocycles. The first-order valence-electron chi connectivity index (χ1n) is 10.0. The fraction of sp³-hybridized carbons (Fsp3) is 0.217. The second-order valence-electron chi connectivity index (χ2n) is 7.35. The normalized spacial score (nSPS) is 12.0. The van der Waals surface area contributed by atoms with E-state index in [1.807, 2.05) is 31.4 Å². The number of anilines is 1. The first-order valence-corrected chi connectivity index (χ1v) is 11.8. The van der Waals surface area contributed by atoms with Crippen molar-refractivity contribution in [3.05, 3.63) is 81.9 Å². The lowest BCUT2D eigenvalue weighted by atomic mass is 10.0. The molecular formula is C23H22FN5OS2. The predicted molar refractivity (Wildman–Crippen MR) is 126 cm³/mol. The maximum atomic E-state index is 13.3. The minimum Gasteiger partial charge on any atom is -0.315 e. The lowest BCUT2D eigenvalue weighted by molar-refractivity contribution is -0.118. The van der Waals surface area contributed by atoms with Gasteiger partial charge in [-0.3, -0.25) is 15.1 Å². The topological polar surface area (TPSA) is 79.8 Å². The van der Waals surface area contributed by atoms with Gasteiger partial charge in [0.05, 0.1) is 22.9 Å². The number of hydrogen-bond acceptors (Lipinski definition) is 7. The highest BCUT2D eigenvalue weighted by atomic mass is 32.1. The molecular weight excluding hydrogens is 445 g/mol. The third-order valence-electron chi connectivity index (χ3n) is 4.86. The van der Waals surface area contributed by atoms with E-state index >= 15 is 0 Å². The molecule has 0 aliphatic rings. The van der Waals surface area contributed by atoms with Gasteiger partial charge in [0.1, 0.15) is 15.8 Å². The summed E-state index contributed by atoms with van der Waals surface area (Å²) < 4.78 is 13.3. The van der Waals surface area contributed by atoms with Gasteiger partial charge in [-0.2, -0.15) is 0 Å². The Labute approximate surface area is 193 Å². The summed E-state index contributed by atoms with van der Waals surface area (Å²) in [5.74, 6) is -0.474. The minimum absolute atomic E-state index is 0.172. The lowest BCUT2D eigenvalue weighted by Crippen LogP contribution is -2.41. The first-order chi connectivity index (χ1) is 15.5. The number of aryl methyl sites for hydroxylation is 2. The molecule has 0 bridgehead atoms. The van der Waals surface area contributed by atoms with Crippen LogP contribution in [-0.2, 0) is 17.8 Å². The van der Waals surface area contributed by atoms with E-state index in [-0.39, 0.29) is 11.7 Å². The number of rotatable bonds is 8. The van der Waals surface area contributed by atoms with Gasteiger partial charge >= 0.3 is 0 Å². The average molecular weight is 468 g/mol. The Kier molecular flexibility index (Phi) is 6.99. The number of benzene rings is 1. The predicted octanol–water partition coefficient (Wildman–Crippen LogP) is 4.76. The van der Waals surface area contributed by atoms with Crippen LogP contribution in [0, 0.1) is 19.7 Å². The quantitative estimate of drug-likeness (QED) is 0.391. The Balaban J connectivity index is 1.51. The second kappa shape index (κ2) is 10.1. The zero-order chi connectivity index (χ0) is 22.5. The van der Waals surface area contributed by atoms with Gasteiger partial charge in [-0.1, -0.05) is 23.5 Å². The summed E-state index contributed by atoms with van der Waals surface area (Å²) in [6, 6.07) is 9.56. The molecule has 2 N–H and O–H groups in total. The molecule has 0 fully saturated rings. The molecule has 0 saturated carbocycles. The Bertz CT molecular complexity index is 1190. The SMILES string of the molecule is Cc1cc(-c2nc(C)c(NC(=O)C(Cc3ccc(F)cc3)NCc3cscn3)s2)ccn1. The van der Waals surface area contributed by atoms with E-state index in [0.717, 1.165) is 33.2 Å². The third kappa shape index (κ3) is 5.61. The van der Waals surface area contributed by atoms with E-state index in [9.17, 15) is 9.18 Å². The van der Waals surface area contributed by atoms with Crippen molar-refractivity contribution in [1.29, 1.82) is 0 Å². The van der Waals surface area contributed by atoms with Crippen molar-refractivity contribution in [2.75, 3.05) is 5.32 Å². The molecule has 1 amide bonds. The van der Waals surface area contributed by atoms with Crippen molar-refractivity contribution < 1.29 is 9.18 Å². The van der Waals surface area contributed by atoms with Crippen molar-refractivity contribution in [2.24, 2.45) is 0 Å². The number of amides is 1. The van der Waals surface area contributed by atoms with Gasteiger partial charge in [-0.05, 0) is 50.1 Å². The molecule has 1 aromatic carbocycles. The Hall–Kier alpha value is -3.01. The average Bonchev–Trinajstić information content (AvgIpc) is 3.42. The molecule has 164 valence electrons. The molecule has 0 radical (unpaired) electrons. The van der Waals surface area contributed by atoms with Crippen LogP contribution in [0.4, 0.5) is 9.39 Å². The largest absolute Gasteiger partial charge is 0.315 e. The molecule has 9 heteroatoms. The molecule has 6 nitrogen and oxygen atoms in total. The van der Waals surface area contributed by atoms with E-state index in [2.05, 4.69) is 25.6 Å². The molecule has 32 heavy (non-hydrogen) atoms. The van der Waals surface area contributed by atoms with Crippen LogP contribution in [0.2, 0.25) is 0 Å². The van der Waals surface area contributed by atoms with Crippen LogP contribution in [0.1, 0.15) is 22.6 Å². The molecule has 0 spiro atoms. The molecule has 0 aliphatic heterocycles. The standard InChI is InChI=1S/C23H22FN5OS2/c1-14-9-17(7-8-25-14)23-28-15(2)22(32-23)29-21(30)20(26-11-19-12-31-13-27-19)10-16-3-5-18(24)6-4-16/h3-9,12-13,20,26H,10-11H2,1-2H3,(H,29,30). The summed E-state index contributed by atoms with van der Waals surface area (Å²) in [5.41, 5.74) is 6.13. The molecule has 0 aliphatic carbocycles. The fourth-order valence-corrected chi connectivity index (χ4v) is 4.70. The number of pyridine rings is 1. The van der Waals surface area contributed by atoms with Gasteiger partial charge in [-0.25, -0.2) is 14.4 Å². The summed E-state index contributed by atoms with van der Waals surface area (Å²) in [5, 5.41) is 9.78. The minimum atomic E-state index is -0.518. The zero-order valence-electron chi connectivity index (χ0n) is 17.6. The van der Waals surface area contributed by atoms with Crippen LogP contribution in [0.15, 0.2) is 53.5 Å². The van der Waals surface area contributed by atoms with Crippen molar-refractivity contribution in [2.45, 2.75) is 32.9 Å². The number of carbonyl (C=O) groups is 1. The van der Waals surface area contributed by atoms with Crippen molar-refractivity contribution in [3.63, 3.8) is 0 Å². The van der Waals surface area contributed by atoms with Gasteiger partial charge in [0, 0.05) is 29.4 Å². The number of aromatic nitrogens is 3. The highest BCUT2D eigenvalue weighted by molar-refractivity contribution is 7.19. The van der Waals surface area contributed by atoms with Gasteiger partial charge < -0.3 is 5.32 Å². The van der Waals surface area contributed by atoms with Gasteiger partial charge in [0.2, 0.25) is 5.91 Å². The van der Waals surface area contributed by atoms with E-state index in [1.165, 1.54) is 34.8 Å². The van der Waals surface area contributed by atoms with E-state index < -0.39 is 6.04 Å². The number of carbonyl (C=O) groups excluding carboxylic acids is 1. The zero-order valence-corrected chi connectivity index (χ0v) is 19.3. The summed E-state index contributed by atoms with van der Waals surface area (Å²) in [4.78, 5) is 26.3. The summed E-state index contributed by atoms with van der Waals surface area (Å²) >= 11 is 2.94. The van der Waals surface area contributed by atoms with E-state index in [0.29, 0.717) is 18.0 Å². The number of thiazole rings is 2. The van der Waals surface area contributed by atoms with Crippen molar-refractivity contribution in [1.82, 2.24) is 20.3 Å². The van der Waals surface area contributed by atoms with Crippen LogP contribution < -0.4 is 10.6 Å². The van der Waals surface area contributed by atoms with E-state index in [4.69, 9.17) is 0 Å². The monoisotopic (exact) mass is 467 g/mol. The first kappa shape index (κ1) is 22.2. The van der Waals surface area contributed by atoms with Crippen LogP contribution >= 0.6 is 22.7 Å². The van der Waals surface area contributed by atoms with Crippen LogP contribution in [0.5, 0.6) is 0 Å². The lowest BCUT2D eigenvalue weighted by Gasteiger charge is -2.18. The van der Waals surface area contributed by atoms with Gasteiger partial charge in [-0.15, -0.1) is 11.3 Å². The summed E-state index contributed by atoms with van der Waals surface area (Å²) in [7, 11) is 0. The van der Waals surface area contributed by atoms with Crippen molar-refractivity contribution in [3.8, 4) is 10.6 Å². The van der Waals surface area contributed by atoms with Crippen LogP contribution in [0.3, 0.4) is 0 Å². The highest BCUT2D eigenvalue weighted by Crippen LogP contribution is 2.32. The maximum Gasteiger partial charge on any atom is 0.242 e. The molecule has 0 saturated heterocycles. The Morgan fingerprint density at radius 1 is 1.16 bits per heavy atom. The number of hydrogen-bond donors (Lipinski definition) is 2. The highest BCUT2D eigenvalue weighted by Gasteiger charge is 2.21. The smallest absolute Gasteiger partial charge is 0.242 e. The second-order valence-corrected chi connectivity index (χ2v) is 9.07. The maximum absolute atomic E-state index is 13.3.